The third kappa shape index (κ3) is 3.65. The molecule has 0 radical (unpaired) electrons. The van der Waals surface area contributed by atoms with E-state index in [2.05, 4.69) is 0 Å². The van der Waals surface area contributed by atoms with Crippen LogP contribution in [0.5, 0.6) is 0 Å². The van der Waals surface area contributed by atoms with Gasteiger partial charge >= 0.3 is 5.97 Å². The monoisotopic (exact) mass is 377 g/mol. The van der Waals surface area contributed by atoms with Gasteiger partial charge < -0.3 is 14.1 Å². The van der Waals surface area contributed by atoms with Crippen molar-refractivity contribution in [3.8, 4) is 0 Å². The number of rotatable bonds is 5. The molecule has 136 valence electrons. The molecule has 1 amide bonds. The zero-order valence-electron chi connectivity index (χ0n) is 13.9. The summed E-state index contributed by atoms with van der Waals surface area (Å²) >= 11 is 1.37. The minimum atomic E-state index is -0.832. The van der Waals surface area contributed by atoms with Gasteiger partial charge in [-0.2, -0.15) is 0 Å². The molecule has 8 heteroatoms. The van der Waals surface area contributed by atoms with Crippen LogP contribution in [0.25, 0.3) is 0 Å². The topological polar surface area (TPSA) is 76.8 Å². The largest absolute Gasteiger partial charge is 0.466 e. The van der Waals surface area contributed by atoms with Crippen LogP contribution >= 0.6 is 11.8 Å². The summed E-state index contributed by atoms with van der Waals surface area (Å²) in [7, 11) is 0. The van der Waals surface area contributed by atoms with Crippen molar-refractivity contribution in [1.29, 1.82) is 0 Å². The predicted molar refractivity (Wildman–Crippen MR) is 91.9 cm³/mol. The third-order valence-corrected chi connectivity index (χ3v) is 5.23. The number of hydrogen-bond donors (Lipinski definition) is 0. The maximum absolute atomic E-state index is 13.6. The number of Topliss-reactive ketones (excluding diaryl/α,β-unsaturated/α-hetero) is 1. The number of thioether (sulfide) groups is 1. The molecule has 1 fully saturated rings. The molecule has 0 N–H and O–H groups in total. The van der Waals surface area contributed by atoms with E-state index in [4.69, 9.17) is 9.15 Å². The van der Waals surface area contributed by atoms with E-state index in [0.29, 0.717) is 11.5 Å². The van der Waals surface area contributed by atoms with E-state index in [1.165, 1.54) is 48.0 Å². The van der Waals surface area contributed by atoms with Gasteiger partial charge in [-0.3, -0.25) is 9.59 Å². The predicted octanol–water partition coefficient (Wildman–Crippen LogP) is 2.81. The Hall–Kier alpha value is -2.61. The number of ether oxygens (including phenoxy) is 1. The van der Waals surface area contributed by atoms with Crippen molar-refractivity contribution in [1.82, 2.24) is 4.90 Å². The first kappa shape index (κ1) is 18.2. The van der Waals surface area contributed by atoms with Gasteiger partial charge in [0.15, 0.2) is 6.61 Å². The molecule has 2 atom stereocenters. The summed E-state index contributed by atoms with van der Waals surface area (Å²) in [5, 5.41) is -0.428. The molecule has 0 bridgehead atoms. The molecule has 0 spiro atoms. The van der Waals surface area contributed by atoms with E-state index >= 15 is 0 Å². The number of ketones is 1. The molecule has 2 heterocycles. The molecular formula is C18H16FNO5S. The van der Waals surface area contributed by atoms with E-state index in [9.17, 15) is 18.8 Å². The maximum atomic E-state index is 13.6. The van der Waals surface area contributed by atoms with Gasteiger partial charge in [0.25, 0.3) is 0 Å². The lowest BCUT2D eigenvalue weighted by Crippen LogP contribution is -2.43. The molecule has 3 rings (SSSR count). The molecule has 6 nitrogen and oxygen atoms in total. The number of furan rings is 1. The summed E-state index contributed by atoms with van der Waals surface area (Å²) < 4.78 is 24.0. The van der Waals surface area contributed by atoms with Crippen molar-refractivity contribution >= 4 is 29.4 Å². The lowest BCUT2D eigenvalue weighted by Gasteiger charge is -2.25. The number of esters is 1. The molecule has 1 aliphatic rings. The SMILES string of the molecule is CC(=O)N1[C@@H](C(=O)OCC(=O)c2ccccc2F)CS[C@H]1c1ccco1. The molecule has 2 aromatic rings. The summed E-state index contributed by atoms with van der Waals surface area (Å²) in [6.07, 6.45) is 1.49. The Morgan fingerprint density at radius 3 is 2.69 bits per heavy atom. The van der Waals surface area contributed by atoms with Gasteiger partial charge in [0.2, 0.25) is 11.7 Å². The zero-order valence-corrected chi connectivity index (χ0v) is 14.7. The Kier molecular flexibility index (Phi) is 5.41. The molecule has 1 aromatic heterocycles. The van der Waals surface area contributed by atoms with E-state index in [0.717, 1.165) is 6.07 Å². The number of carbonyl (C=O) groups is 3. The van der Waals surface area contributed by atoms with Crippen LogP contribution in [0.2, 0.25) is 0 Å². The smallest absolute Gasteiger partial charge is 0.330 e. The average Bonchev–Trinajstić information content (AvgIpc) is 3.28. The summed E-state index contributed by atoms with van der Waals surface area (Å²) in [6.45, 7) is 0.769. The van der Waals surface area contributed by atoms with Crippen molar-refractivity contribution in [2.24, 2.45) is 0 Å². The second-order valence-electron chi connectivity index (χ2n) is 5.65. The summed E-state index contributed by atoms with van der Waals surface area (Å²) in [5.74, 6) is -1.45. The standard InChI is InChI=1S/C18H16FNO5S/c1-11(21)20-14(10-26-17(20)16-7-4-8-24-16)18(23)25-9-15(22)12-5-2-3-6-13(12)19/h2-8,14,17H,9-10H2,1H3/t14-,17+/m1/s1. The van der Waals surface area contributed by atoms with Crippen LogP contribution in [0.3, 0.4) is 0 Å². The van der Waals surface area contributed by atoms with Gasteiger partial charge in [-0.15, -0.1) is 11.8 Å². The Morgan fingerprint density at radius 1 is 1.27 bits per heavy atom. The summed E-state index contributed by atoms with van der Waals surface area (Å²) in [6, 6.07) is 8.07. The summed E-state index contributed by atoms with van der Waals surface area (Å²) in [4.78, 5) is 37.8. The number of amides is 1. The van der Waals surface area contributed by atoms with E-state index in [1.54, 1.807) is 12.1 Å². The molecule has 1 saturated heterocycles. The van der Waals surface area contributed by atoms with E-state index in [1.807, 2.05) is 0 Å². The minimum Gasteiger partial charge on any atom is -0.466 e. The van der Waals surface area contributed by atoms with E-state index in [-0.39, 0.29) is 11.5 Å². The van der Waals surface area contributed by atoms with Crippen LogP contribution in [0.15, 0.2) is 47.1 Å². The van der Waals surface area contributed by atoms with Gasteiger partial charge in [0.1, 0.15) is 23.0 Å². The molecule has 26 heavy (non-hydrogen) atoms. The number of halogens is 1. The molecule has 0 saturated carbocycles. The minimum absolute atomic E-state index is 0.141. The van der Waals surface area contributed by atoms with Crippen molar-refractivity contribution in [3.05, 3.63) is 59.8 Å². The lowest BCUT2D eigenvalue weighted by molar-refractivity contribution is -0.152. The number of nitrogens with zero attached hydrogens (tertiary/aromatic N) is 1. The Labute approximate surface area is 153 Å². The average molecular weight is 377 g/mol. The quantitative estimate of drug-likeness (QED) is 0.589. The van der Waals surface area contributed by atoms with Gasteiger partial charge in [0, 0.05) is 12.7 Å². The second-order valence-corrected chi connectivity index (χ2v) is 6.77. The molecule has 1 aromatic carbocycles. The zero-order chi connectivity index (χ0) is 18.7. The molecule has 0 unspecified atom stereocenters. The highest BCUT2D eigenvalue weighted by Crippen LogP contribution is 2.41. The van der Waals surface area contributed by atoms with Gasteiger partial charge in [-0.1, -0.05) is 12.1 Å². The van der Waals surface area contributed by atoms with Crippen LogP contribution in [-0.2, 0) is 14.3 Å². The van der Waals surface area contributed by atoms with Gasteiger partial charge in [0.05, 0.1) is 11.8 Å². The van der Waals surface area contributed by atoms with Crippen molar-refractivity contribution < 1.29 is 27.9 Å². The third-order valence-electron chi connectivity index (χ3n) is 3.94. The van der Waals surface area contributed by atoms with Crippen molar-refractivity contribution in [2.75, 3.05) is 12.4 Å². The molecule has 1 aliphatic heterocycles. The van der Waals surface area contributed by atoms with Crippen molar-refractivity contribution in [2.45, 2.75) is 18.3 Å². The van der Waals surface area contributed by atoms with Crippen LogP contribution in [0.1, 0.15) is 28.4 Å². The van der Waals surface area contributed by atoms with Crippen molar-refractivity contribution in [3.63, 3.8) is 0 Å². The highest BCUT2D eigenvalue weighted by Gasteiger charge is 2.43. The molecule has 0 aliphatic carbocycles. The maximum Gasteiger partial charge on any atom is 0.330 e. The Balaban J connectivity index is 1.66. The number of carbonyl (C=O) groups excluding carboxylic acids is 3. The van der Waals surface area contributed by atoms with Crippen LogP contribution in [0, 0.1) is 5.82 Å². The number of hydrogen-bond acceptors (Lipinski definition) is 6. The second kappa shape index (κ2) is 7.74. The normalized spacial score (nSPS) is 19.4. The van der Waals surface area contributed by atoms with Crippen LogP contribution in [-0.4, -0.2) is 41.0 Å². The fourth-order valence-electron chi connectivity index (χ4n) is 2.72. The fraction of sp³-hybridized carbons (Fsp3) is 0.278. The number of benzene rings is 1. The first-order valence-electron chi connectivity index (χ1n) is 7.87. The molecular weight excluding hydrogens is 361 g/mol. The van der Waals surface area contributed by atoms with Gasteiger partial charge in [-0.05, 0) is 24.3 Å². The van der Waals surface area contributed by atoms with Crippen LogP contribution in [0.4, 0.5) is 4.39 Å². The summed E-state index contributed by atoms with van der Waals surface area (Å²) in [5.41, 5.74) is -0.141. The van der Waals surface area contributed by atoms with Gasteiger partial charge in [-0.25, -0.2) is 9.18 Å². The highest BCUT2D eigenvalue weighted by molar-refractivity contribution is 7.99. The fourth-order valence-corrected chi connectivity index (χ4v) is 4.14. The highest BCUT2D eigenvalue weighted by atomic mass is 32.2. The van der Waals surface area contributed by atoms with E-state index < -0.39 is 35.6 Å². The first-order valence-corrected chi connectivity index (χ1v) is 8.92. The Morgan fingerprint density at radius 2 is 2.04 bits per heavy atom. The Bertz CT molecular complexity index is 823. The first-order chi connectivity index (χ1) is 12.5. The lowest BCUT2D eigenvalue weighted by atomic mass is 10.1. The van der Waals surface area contributed by atoms with Crippen LogP contribution < -0.4 is 0 Å².